The average molecular weight is 247 g/mol. The van der Waals surface area contributed by atoms with Gasteiger partial charge in [-0.25, -0.2) is 0 Å². The highest BCUT2D eigenvalue weighted by molar-refractivity contribution is 7.99. The summed E-state index contributed by atoms with van der Waals surface area (Å²) >= 11 is 1.21. The lowest BCUT2D eigenvalue weighted by atomic mass is 10.2. The summed E-state index contributed by atoms with van der Waals surface area (Å²) in [4.78, 5) is 0. The lowest BCUT2D eigenvalue weighted by molar-refractivity contribution is 0.411. The Kier molecular flexibility index (Phi) is 3.62. The second-order valence-electron chi connectivity index (χ2n) is 3.02. The van der Waals surface area contributed by atoms with Gasteiger partial charge in [0.05, 0.1) is 24.5 Å². The van der Waals surface area contributed by atoms with Gasteiger partial charge in [-0.15, -0.1) is 10.2 Å². The number of rotatable bonds is 4. The zero-order valence-corrected chi connectivity index (χ0v) is 9.90. The number of hydrogen-bond donors (Lipinski definition) is 0. The third-order valence-electron chi connectivity index (χ3n) is 2.00. The Labute approximate surface area is 102 Å². The molecule has 0 atom stereocenters. The Hall–Kier alpha value is -2.00. The minimum absolute atomic E-state index is 0.285. The smallest absolute Gasteiger partial charge is 0.277 e. The first-order valence-electron chi connectivity index (χ1n) is 4.82. The van der Waals surface area contributed by atoms with E-state index >= 15 is 0 Å². The van der Waals surface area contributed by atoms with Crippen LogP contribution in [0.3, 0.4) is 0 Å². The van der Waals surface area contributed by atoms with Gasteiger partial charge in [0, 0.05) is 0 Å². The van der Waals surface area contributed by atoms with Gasteiger partial charge in [-0.05, 0) is 12.1 Å². The van der Waals surface area contributed by atoms with Crippen LogP contribution in [-0.4, -0.2) is 23.1 Å². The second-order valence-corrected chi connectivity index (χ2v) is 3.95. The van der Waals surface area contributed by atoms with Crippen LogP contribution in [0.15, 0.2) is 33.9 Å². The Morgan fingerprint density at radius 2 is 2.24 bits per heavy atom. The van der Waals surface area contributed by atoms with Gasteiger partial charge >= 0.3 is 0 Å². The number of benzene rings is 1. The van der Waals surface area contributed by atoms with Crippen LogP contribution in [0.5, 0.6) is 5.75 Å². The lowest BCUT2D eigenvalue weighted by Gasteiger charge is -2.02. The van der Waals surface area contributed by atoms with E-state index in [9.17, 15) is 0 Å². The van der Waals surface area contributed by atoms with Gasteiger partial charge in [0.1, 0.15) is 5.75 Å². The van der Waals surface area contributed by atoms with Crippen molar-refractivity contribution in [1.29, 1.82) is 5.26 Å². The number of aromatic nitrogens is 2. The van der Waals surface area contributed by atoms with Gasteiger partial charge < -0.3 is 9.15 Å². The van der Waals surface area contributed by atoms with Gasteiger partial charge in [0.2, 0.25) is 0 Å². The van der Waals surface area contributed by atoms with Crippen LogP contribution in [-0.2, 0) is 0 Å². The largest absolute Gasteiger partial charge is 0.496 e. The molecule has 0 bridgehead atoms. The molecule has 17 heavy (non-hydrogen) atoms. The minimum atomic E-state index is 0.285. The highest BCUT2D eigenvalue weighted by atomic mass is 32.2. The number of methoxy groups -OCH3 is 1. The fraction of sp³-hybridized carbons (Fsp3) is 0.182. The van der Waals surface area contributed by atoms with Gasteiger partial charge in [-0.2, -0.15) is 5.26 Å². The molecular formula is C11H9N3O2S. The lowest BCUT2D eigenvalue weighted by Crippen LogP contribution is -1.87. The highest BCUT2D eigenvalue weighted by Crippen LogP contribution is 2.30. The number of ether oxygens (including phenoxy) is 1. The molecule has 0 unspecified atom stereocenters. The van der Waals surface area contributed by atoms with E-state index in [1.807, 2.05) is 30.3 Å². The zero-order chi connectivity index (χ0) is 12.1. The van der Waals surface area contributed by atoms with Crippen LogP contribution in [0, 0.1) is 11.3 Å². The first-order chi connectivity index (χ1) is 8.35. The van der Waals surface area contributed by atoms with Crippen molar-refractivity contribution in [2.24, 2.45) is 0 Å². The number of nitriles is 1. The molecule has 0 N–H and O–H groups in total. The number of hydrogen-bond acceptors (Lipinski definition) is 6. The van der Waals surface area contributed by atoms with Crippen molar-refractivity contribution in [3.8, 4) is 23.3 Å². The molecule has 0 saturated heterocycles. The van der Waals surface area contributed by atoms with Crippen molar-refractivity contribution < 1.29 is 9.15 Å². The molecule has 5 nitrogen and oxygen atoms in total. The minimum Gasteiger partial charge on any atom is -0.496 e. The summed E-state index contributed by atoms with van der Waals surface area (Å²) < 4.78 is 10.6. The molecule has 0 radical (unpaired) electrons. The average Bonchev–Trinajstić information content (AvgIpc) is 2.85. The first kappa shape index (κ1) is 11.5. The maximum absolute atomic E-state index is 8.45. The van der Waals surface area contributed by atoms with Gasteiger partial charge in [-0.1, -0.05) is 23.9 Å². The molecule has 1 aromatic heterocycles. The molecule has 1 heterocycles. The van der Waals surface area contributed by atoms with Crippen LogP contribution in [0.2, 0.25) is 0 Å². The van der Waals surface area contributed by atoms with Crippen molar-refractivity contribution in [3.63, 3.8) is 0 Å². The van der Waals surface area contributed by atoms with E-state index in [1.54, 1.807) is 7.11 Å². The second kappa shape index (κ2) is 5.37. The Morgan fingerprint density at radius 1 is 1.41 bits per heavy atom. The SMILES string of the molecule is COc1ccccc1-c1nnc(SCC#N)o1. The van der Waals surface area contributed by atoms with Gasteiger partial charge in [-0.3, -0.25) is 0 Å². The molecule has 86 valence electrons. The predicted octanol–water partition coefficient (Wildman–Crippen LogP) is 2.36. The van der Waals surface area contributed by atoms with E-state index in [4.69, 9.17) is 14.4 Å². The Morgan fingerprint density at radius 3 is 3.00 bits per heavy atom. The molecule has 0 amide bonds. The summed E-state index contributed by atoms with van der Waals surface area (Å²) in [6, 6.07) is 9.39. The summed E-state index contributed by atoms with van der Waals surface area (Å²) in [6.07, 6.45) is 0. The van der Waals surface area contributed by atoms with Crippen molar-refractivity contribution in [3.05, 3.63) is 24.3 Å². The molecule has 2 rings (SSSR count). The molecule has 0 aliphatic carbocycles. The van der Waals surface area contributed by atoms with Crippen LogP contribution in [0.25, 0.3) is 11.5 Å². The standard InChI is InChI=1S/C11H9N3O2S/c1-15-9-5-3-2-4-8(9)10-13-14-11(16-10)17-7-6-12/h2-5H,7H2,1H3. The van der Waals surface area contributed by atoms with E-state index in [1.165, 1.54) is 11.8 Å². The maximum Gasteiger partial charge on any atom is 0.277 e. The molecule has 0 aliphatic heterocycles. The quantitative estimate of drug-likeness (QED) is 0.772. The molecule has 6 heteroatoms. The molecule has 0 fully saturated rings. The molecule has 0 saturated carbocycles. The van der Waals surface area contributed by atoms with Crippen molar-refractivity contribution >= 4 is 11.8 Å². The van der Waals surface area contributed by atoms with E-state index in [2.05, 4.69) is 10.2 Å². The number of para-hydroxylation sites is 1. The summed E-state index contributed by atoms with van der Waals surface area (Å²) in [5, 5.41) is 16.6. The van der Waals surface area contributed by atoms with E-state index in [0.29, 0.717) is 16.9 Å². The first-order valence-corrected chi connectivity index (χ1v) is 5.80. The fourth-order valence-electron chi connectivity index (χ4n) is 1.29. The zero-order valence-electron chi connectivity index (χ0n) is 9.08. The van der Waals surface area contributed by atoms with Crippen molar-refractivity contribution in [1.82, 2.24) is 10.2 Å². The van der Waals surface area contributed by atoms with Crippen LogP contribution < -0.4 is 4.74 Å². The summed E-state index contributed by atoms with van der Waals surface area (Å²) in [5.74, 6) is 1.35. The molecule has 1 aromatic carbocycles. The van der Waals surface area contributed by atoms with Crippen LogP contribution in [0.1, 0.15) is 0 Å². The fourth-order valence-corrected chi connectivity index (χ4v) is 1.72. The molecular weight excluding hydrogens is 238 g/mol. The molecule has 0 aliphatic rings. The molecule has 0 spiro atoms. The predicted molar refractivity (Wildman–Crippen MR) is 62.6 cm³/mol. The van der Waals surface area contributed by atoms with Gasteiger partial charge in [0.15, 0.2) is 0 Å². The summed E-state index contributed by atoms with van der Waals surface area (Å²) in [6.45, 7) is 0. The number of nitrogens with zero attached hydrogens (tertiary/aromatic N) is 3. The Balaban J connectivity index is 2.28. The van der Waals surface area contributed by atoms with E-state index < -0.39 is 0 Å². The third kappa shape index (κ3) is 2.57. The Bertz CT molecular complexity index is 548. The normalized spacial score (nSPS) is 9.88. The third-order valence-corrected chi connectivity index (χ3v) is 2.69. The van der Waals surface area contributed by atoms with E-state index in [0.717, 1.165) is 5.56 Å². The summed E-state index contributed by atoms with van der Waals surface area (Å²) in [7, 11) is 1.58. The van der Waals surface area contributed by atoms with Gasteiger partial charge in [0.25, 0.3) is 11.1 Å². The van der Waals surface area contributed by atoms with Crippen molar-refractivity contribution in [2.45, 2.75) is 5.22 Å². The van der Waals surface area contributed by atoms with Crippen LogP contribution >= 0.6 is 11.8 Å². The topological polar surface area (TPSA) is 71.9 Å². The summed E-state index contributed by atoms with van der Waals surface area (Å²) in [5.41, 5.74) is 0.742. The maximum atomic E-state index is 8.45. The highest BCUT2D eigenvalue weighted by Gasteiger charge is 2.12. The van der Waals surface area contributed by atoms with Crippen LogP contribution in [0.4, 0.5) is 0 Å². The van der Waals surface area contributed by atoms with E-state index in [-0.39, 0.29) is 5.75 Å². The molecule has 2 aromatic rings. The number of thioether (sulfide) groups is 1. The monoisotopic (exact) mass is 247 g/mol. The van der Waals surface area contributed by atoms with Crippen molar-refractivity contribution in [2.75, 3.05) is 12.9 Å².